The van der Waals surface area contributed by atoms with Crippen molar-refractivity contribution in [2.45, 2.75) is 38.8 Å². The third kappa shape index (κ3) is 6.89. The van der Waals surface area contributed by atoms with E-state index < -0.39 is 0 Å². The molecule has 0 aromatic heterocycles. The molecule has 2 aromatic rings. The Labute approximate surface area is 174 Å². The molecule has 1 fully saturated rings. The van der Waals surface area contributed by atoms with Crippen LogP contribution in [0.15, 0.2) is 54.6 Å². The second kappa shape index (κ2) is 11.1. The lowest BCUT2D eigenvalue weighted by Gasteiger charge is -2.33. The van der Waals surface area contributed by atoms with E-state index in [1.807, 2.05) is 0 Å². The number of nitrogens with one attached hydrogen (secondary N) is 2. The average Bonchev–Trinajstić information content (AvgIpc) is 2.73. The van der Waals surface area contributed by atoms with Crippen LogP contribution in [0, 0.1) is 0 Å². The smallest absolute Gasteiger partial charge is 0.170 e. The first-order chi connectivity index (χ1) is 13.7. The maximum absolute atomic E-state index is 5.91. The molecule has 0 bridgehead atoms. The van der Waals surface area contributed by atoms with Gasteiger partial charge in [0.25, 0.3) is 0 Å². The predicted octanol–water partition coefficient (Wildman–Crippen LogP) is 4.22. The van der Waals surface area contributed by atoms with Gasteiger partial charge in [0.05, 0.1) is 12.7 Å². The van der Waals surface area contributed by atoms with Crippen molar-refractivity contribution >= 4 is 23.0 Å². The Bertz CT molecular complexity index is 720. The molecule has 4 nitrogen and oxygen atoms in total. The zero-order valence-corrected chi connectivity index (χ0v) is 17.5. The zero-order chi connectivity index (χ0) is 19.6. The number of ether oxygens (including phenoxy) is 1. The van der Waals surface area contributed by atoms with Crippen molar-refractivity contribution in [2.75, 3.05) is 31.6 Å². The maximum atomic E-state index is 5.91. The van der Waals surface area contributed by atoms with Crippen molar-refractivity contribution in [3.8, 4) is 0 Å². The molecule has 1 saturated heterocycles. The van der Waals surface area contributed by atoms with Crippen LogP contribution in [-0.4, -0.2) is 42.4 Å². The van der Waals surface area contributed by atoms with E-state index in [9.17, 15) is 0 Å². The van der Waals surface area contributed by atoms with Gasteiger partial charge in [-0.25, -0.2) is 0 Å². The minimum atomic E-state index is 0.147. The van der Waals surface area contributed by atoms with Crippen molar-refractivity contribution in [3.05, 3.63) is 65.7 Å². The number of anilines is 1. The van der Waals surface area contributed by atoms with Crippen molar-refractivity contribution in [1.29, 1.82) is 0 Å². The number of benzene rings is 2. The molecule has 28 heavy (non-hydrogen) atoms. The average molecular weight is 398 g/mol. The summed E-state index contributed by atoms with van der Waals surface area (Å²) in [5, 5.41) is 7.21. The van der Waals surface area contributed by atoms with E-state index in [1.165, 1.54) is 24.0 Å². The lowest BCUT2D eigenvalue weighted by molar-refractivity contribution is -0.0279. The third-order valence-corrected chi connectivity index (χ3v) is 5.24. The summed E-state index contributed by atoms with van der Waals surface area (Å²) in [6.07, 6.45) is 3.74. The summed E-state index contributed by atoms with van der Waals surface area (Å²) < 4.78 is 5.91. The molecule has 0 saturated carbocycles. The molecule has 1 atom stereocenters. The van der Waals surface area contributed by atoms with Crippen molar-refractivity contribution in [1.82, 2.24) is 10.2 Å². The highest BCUT2D eigenvalue weighted by Crippen LogP contribution is 2.12. The molecule has 2 N–H and O–H groups in total. The highest BCUT2D eigenvalue weighted by molar-refractivity contribution is 7.80. The van der Waals surface area contributed by atoms with Gasteiger partial charge in [0.2, 0.25) is 0 Å². The van der Waals surface area contributed by atoms with E-state index in [0.717, 1.165) is 38.3 Å². The number of nitrogens with zero attached hydrogens (tertiary/aromatic N) is 1. The first-order valence-electron chi connectivity index (χ1n) is 10.2. The van der Waals surface area contributed by atoms with E-state index in [1.54, 1.807) is 0 Å². The summed E-state index contributed by atoms with van der Waals surface area (Å²) in [5.74, 6) is 0. The van der Waals surface area contributed by atoms with Crippen molar-refractivity contribution in [2.24, 2.45) is 0 Å². The van der Waals surface area contributed by atoms with Crippen molar-refractivity contribution in [3.63, 3.8) is 0 Å². The third-order valence-electron chi connectivity index (χ3n) is 4.99. The van der Waals surface area contributed by atoms with Gasteiger partial charge < -0.3 is 15.4 Å². The number of thiocarbonyl (C=S) groups is 1. The Morgan fingerprint density at radius 2 is 1.89 bits per heavy atom. The van der Waals surface area contributed by atoms with Gasteiger partial charge in [0.15, 0.2) is 5.11 Å². The van der Waals surface area contributed by atoms with Gasteiger partial charge in [-0.2, -0.15) is 0 Å². The Hall–Kier alpha value is -1.95. The van der Waals surface area contributed by atoms with Gasteiger partial charge in [0, 0.05) is 31.9 Å². The molecular weight excluding hydrogens is 366 g/mol. The zero-order valence-electron chi connectivity index (χ0n) is 16.7. The molecule has 1 aliphatic heterocycles. The SMILES string of the molecule is CCCCc1ccc(NC(=S)NC[C@@H]2CN(Cc3ccccc3)CCO2)cc1. The summed E-state index contributed by atoms with van der Waals surface area (Å²) in [4.78, 5) is 2.44. The molecule has 1 aliphatic rings. The quantitative estimate of drug-likeness (QED) is 0.653. The van der Waals surface area contributed by atoms with Gasteiger partial charge in [-0.05, 0) is 48.3 Å². The number of rotatable bonds is 8. The molecule has 0 radical (unpaired) electrons. The molecule has 5 heteroatoms. The highest BCUT2D eigenvalue weighted by Gasteiger charge is 2.20. The first-order valence-corrected chi connectivity index (χ1v) is 10.7. The van der Waals surface area contributed by atoms with Gasteiger partial charge in [-0.3, -0.25) is 4.90 Å². The summed E-state index contributed by atoms with van der Waals surface area (Å²) >= 11 is 5.45. The molecule has 0 spiro atoms. The van der Waals surface area contributed by atoms with Crippen LogP contribution in [0.2, 0.25) is 0 Å². The van der Waals surface area contributed by atoms with Crippen LogP contribution in [0.4, 0.5) is 5.69 Å². The van der Waals surface area contributed by atoms with Gasteiger partial charge in [-0.1, -0.05) is 55.8 Å². The second-order valence-electron chi connectivity index (χ2n) is 7.35. The lowest BCUT2D eigenvalue weighted by atomic mass is 10.1. The first kappa shape index (κ1) is 20.8. The predicted molar refractivity (Wildman–Crippen MR) is 121 cm³/mol. The summed E-state index contributed by atoms with van der Waals surface area (Å²) in [6, 6.07) is 19.1. The Morgan fingerprint density at radius 3 is 2.64 bits per heavy atom. The summed E-state index contributed by atoms with van der Waals surface area (Å²) in [5.41, 5.74) is 3.74. The fourth-order valence-corrected chi connectivity index (χ4v) is 3.61. The maximum Gasteiger partial charge on any atom is 0.170 e. The van der Waals surface area contributed by atoms with Gasteiger partial charge >= 0.3 is 0 Å². The lowest BCUT2D eigenvalue weighted by Crippen LogP contribution is -2.47. The fourth-order valence-electron chi connectivity index (χ4n) is 3.41. The van der Waals surface area contributed by atoms with Crippen LogP contribution in [0.3, 0.4) is 0 Å². The van der Waals surface area contributed by atoms with Gasteiger partial charge in [-0.15, -0.1) is 0 Å². The molecule has 2 aromatic carbocycles. The van der Waals surface area contributed by atoms with Crippen LogP contribution in [0.1, 0.15) is 30.9 Å². The topological polar surface area (TPSA) is 36.5 Å². The Kier molecular flexibility index (Phi) is 8.27. The van der Waals surface area contributed by atoms with E-state index in [4.69, 9.17) is 17.0 Å². The van der Waals surface area contributed by atoms with E-state index >= 15 is 0 Å². The highest BCUT2D eigenvalue weighted by atomic mass is 32.1. The van der Waals surface area contributed by atoms with E-state index in [2.05, 4.69) is 77.1 Å². The Balaban J connectivity index is 1.40. The molecule has 3 rings (SSSR count). The van der Waals surface area contributed by atoms with Crippen LogP contribution in [0.25, 0.3) is 0 Å². The van der Waals surface area contributed by atoms with Crippen LogP contribution >= 0.6 is 12.2 Å². The largest absolute Gasteiger partial charge is 0.374 e. The number of aryl methyl sites for hydroxylation is 1. The molecule has 0 amide bonds. The van der Waals surface area contributed by atoms with E-state index in [-0.39, 0.29) is 6.10 Å². The van der Waals surface area contributed by atoms with Crippen LogP contribution < -0.4 is 10.6 Å². The molecule has 150 valence electrons. The number of hydrogen-bond donors (Lipinski definition) is 2. The monoisotopic (exact) mass is 397 g/mol. The summed E-state index contributed by atoms with van der Waals surface area (Å²) in [7, 11) is 0. The summed E-state index contributed by atoms with van der Waals surface area (Å²) in [6.45, 7) is 6.55. The minimum Gasteiger partial charge on any atom is -0.374 e. The van der Waals surface area contributed by atoms with Crippen LogP contribution in [0.5, 0.6) is 0 Å². The van der Waals surface area contributed by atoms with E-state index in [0.29, 0.717) is 11.7 Å². The van der Waals surface area contributed by atoms with Crippen molar-refractivity contribution < 1.29 is 4.74 Å². The van der Waals surface area contributed by atoms with Gasteiger partial charge in [0.1, 0.15) is 0 Å². The number of unbranched alkanes of at least 4 members (excludes halogenated alkanes) is 1. The fraction of sp³-hybridized carbons (Fsp3) is 0.435. The number of hydrogen-bond acceptors (Lipinski definition) is 3. The molecule has 0 unspecified atom stereocenters. The Morgan fingerprint density at radius 1 is 1.11 bits per heavy atom. The molecule has 1 heterocycles. The normalized spacial score (nSPS) is 17.2. The molecular formula is C23H31N3OS. The number of morpholine rings is 1. The standard InChI is InChI=1S/C23H31N3OS/c1-2-3-7-19-10-12-21(13-11-19)25-23(28)24-16-22-18-26(14-15-27-22)17-20-8-5-4-6-9-20/h4-6,8-13,22H,2-3,7,14-18H2,1H3,(H2,24,25,28)/t22-/m1/s1. The van der Waals surface area contributed by atoms with Crippen LogP contribution in [-0.2, 0) is 17.7 Å². The molecule has 0 aliphatic carbocycles. The minimum absolute atomic E-state index is 0.147. The second-order valence-corrected chi connectivity index (χ2v) is 7.76.